The molecule has 4 nitrogen and oxygen atoms in total. The van der Waals surface area contributed by atoms with Crippen LogP contribution in [0.4, 0.5) is 4.79 Å². The van der Waals surface area contributed by atoms with Crippen molar-refractivity contribution in [2.75, 3.05) is 7.05 Å². The van der Waals surface area contributed by atoms with E-state index in [1.54, 1.807) is 6.08 Å². The Labute approximate surface area is 171 Å². The number of ether oxygens (including phenoxy) is 1. The van der Waals surface area contributed by atoms with E-state index in [9.17, 15) is 9.59 Å². The summed E-state index contributed by atoms with van der Waals surface area (Å²) in [6, 6.07) is 13.7. The predicted octanol–water partition coefficient (Wildman–Crippen LogP) is 5.42. The van der Waals surface area contributed by atoms with Crippen LogP contribution in [0.5, 0.6) is 5.75 Å². The van der Waals surface area contributed by atoms with Gasteiger partial charge in [-0.25, -0.2) is 0 Å². The number of carbonyl (C=O) groups is 2. The topological polar surface area (TPSA) is 46.6 Å². The highest BCUT2D eigenvalue weighted by Gasteiger charge is 2.31. The van der Waals surface area contributed by atoms with Crippen molar-refractivity contribution in [3.05, 3.63) is 81.2 Å². The van der Waals surface area contributed by atoms with Crippen LogP contribution in [0, 0.1) is 0 Å². The smallest absolute Gasteiger partial charge is 0.293 e. The van der Waals surface area contributed by atoms with Crippen LogP contribution in [0.2, 0.25) is 0 Å². The molecule has 138 valence electrons. The highest BCUT2D eigenvalue weighted by molar-refractivity contribution is 9.10. The summed E-state index contributed by atoms with van der Waals surface area (Å²) >= 11 is 4.37. The quantitative estimate of drug-likeness (QED) is 0.441. The van der Waals surface area contributed by atoms with Gasteiger partial charge < -0.3 is 4.74 Å². The number of hydrogen-bond donors (Lipinski definition) is 0. The number of nitrogens with zero attached hydrogens (tertiary/aromatic N) is 1. The predicted molar refractivity (Wildman–Crippen MR) is 113 cm³/mol. The SMILES string of the molecule is C=CCc1cc(/C=C2\SC(=O)N(C)C2=O)ccc1OCc1ccc(Br)cc1. The average Bonchev–Trinajstić information content (AvgIpc) is 2.89. The van der Waals surface area contributed by atoms with Gasteiger partial charge in [-0.05, 0) is 65.2 Å². The van der Waals surface area contributed by atoms with Gasteiger partial charge in [-0.1, -0.05) is 40.2 Å². The zero-order valence-electron chi connectivity index (χ0n) is 14.8. The van der Waals surface area contributed by atoms with E-state index in [1.807, 2.05) is 48.5 Å². The summed E-state index contributed by atoms with van der Waals surface area (Å²) in [6.45, 7) is 4.27. The summed E-state index contributed by atoms with van der Waals surface area (Å²) in [6.07, 6.45) is 4.19. The van der Waals surface area contributed by atoms with Gasteiger partial charge in [0.1, 0.15) is 12.4 Å². The summed E-state index contributed by atoms with van der Waals surface area (Å²) in [5, 5.41) is -0.257. The Balaban J connectivity index is 1.80. The number of allylic oxidation sites excluding steroid dienone is 1. The fraction of sp³-hybridized carbons (Fsp3) is 0.143. The maximum Gasteiger partial charge on any atom is 0.293 e. The third kappa shape index (κ3) is 4.70. The first-order valence-electron chi connectivity index (χ1n) is 8.30. The molecule has 2 aromatic carbocycles. The van der Waals surface area contributed by atoms with Gasteiger partial charge in [0.2, 0.25) is 0 Å². The highest BCUT2D eigenvalue weighted by atomic mass is 79.9. The van der Waals surface area contributed by atoms with E-state index in [-0.39, 0.29) is 11.1 Å². The lowest BCUT2D eigenvalue weighted by atomic mass is 10.1. The number of amides is 2. The summed E-state index contributed by atoms with van der Waals surface area (Å²) in [5.74, 6) is 0.504. The minimum absolute atomic E-state index is 0.257. The Kier molecular flexibility index (Phi) is 6.19. The Bertz CT molecular complexity index is 922. The molecule has 27 heavy (non-hydrogen) atoms. The van der Waals surface area contributed by atoms with Crippen LogP contribution in [0.15, 0.2) is 64.5 Å². The molecule has 1 fully saturated rings. The molecule has 2 aromatic rings. The van der Waals surface area contributed by atoms with Crippen LogP contribution in [-0.2, 0) is 17.8 Å². The molecule has 0 spiro atoms. The first-order valence-corrected chi connectivity index (χ1v) is 9.91. The van der Waals surface area contributed by atoms with Crippen molar-refractivity contribution in [2.24, 2.45) is 0 Å². The van der Waals surface area contributed by atoms with Gasteiger partial charge in [0.05, 0.1) is 4.91 Å². The molecule has 0 N–H and O–H groups in total. The number of rotatable bonds is 6. The van der Waals surface area contributed by atoms with Crippen molar-refractivity contribution < 1.29 is 14.3 Å². The fourth-order valence-corrected chi connectivity index (χ4v) is 3.68. The van der Waals surface area contributed by atoms with Gasteiger partial charge >= 0.3 is 0 Å². The minimum atomic E-state index is -0.272. The van der Waals surface area contributed by atoms with E-state index in [4.69, 9.17) is 4.74 Å². The zero-order valence-corrected chi connectivity index (χ0v) is 17.2. The third-order valence-corrected chi connectivity index (χ3v) is 5.53. The molecule has 1 heterocycles. The van der Waals surface area contributed by atoms with Gasteiger partial charge in [-0.2, -0.15) is 0 Å². The lowest BCUT2D eigenvalue weighted by Crippen LogP contribution is -2.22. The van der Waals surface area contributed by atoms with Crippen molar-refractivity contribution in [3.8, 4) is 5.75 Å². The van der Waals surface area contributed by atoms with Crippen LogP contribution < -0.4 is 4.74 Å². The monoisotopic (exact) mass is 443 g/mol. The molecule has 0 atom stereocenters. The molecule has 0 saturated carbocycles. The van der Waals surface area contributed by atoms with Gasteiger partial charge in [-0.3, -0.25) is 14.5 Å². The lowest BCUT2D eigenvalue weighted by molar-refractivity contribution is -0.121. The Morgan fingerprint density at radius 1 is 1.19 bits per heavy atom. The van der Waals surface area contributed by atoms with Crippen molar-refractivity contribution in [2.45, 2.75) is 13.0 Å². The van der Waals surface area contributed by atoms with E-state index in [1.165, 1.54) is 7.05 Å². The number of carbonyl (C=O) groups excluding carboxylic acids is 2. The number of halogens is 1. The van der Waals surface area contributed by atoms with Gasteiger partial charge in [0, 0.05) is 11.5 Å². The van der Waals surface area contributed by atoms with Crippen LogP contribution in [-0.4, -0.2) is 23.1 Å². The lowest BCUT2D eigenvalue weighted by Gasteiger charge is -2.12. The molecule has 2 amide bonds. The molecule has 0 radical (unpaired) electrons. The van der Waals surface area contributed by atoms with Crippen LogP contribution >= 0.6 is 27.7 Å². The van der Waals surface area contributed by atoms with Gasteiger partial charge in [0.25, 0.3) is 11.1 Å². The molecule has 0 unspecified atom stereocenters. The largest absolute Gasteiger partial charge is 0.489 e. The second kappa shape index (κ2) is 8.59. The second-order valence-electron chi connectivity index (χ2n) is 6.02. The molecule has 1 aliphatic rings. The standard InChI is InChI=1S/C21H18BrNO3S/c1-3-4-16-11-15(12-19-20(24)23(2)21(25)27-19)7-10-18(16)26-13-14-5-8-17(22)9-6-14/h3,5-12H,1,4,13H2,2H3/b19-12-. The fourth-order valence-electron chi connectivity index (χ4n) is 2.58. The summed E-state index contributed by atoms with van der Waals surface area (Å²) in [7, 11) is 1.49. The molecular weight excluding hydrogens is 426 g/mol. The third-order valence-electron chi connectivity index (χ3n) is 4.04. The van der Waals surface area contributed by atoms with Crippen molar-refractivity contribution in [3.63, 3.8) is 0 Å². The number of likely N-dealkylation sites (N-methyl/N-ethyl adjacent to an activating group) is 1. The first-order chi connectivity index (χ1) is 13.0. The number of benzene rings is 2. The van der Waals surface area contributed by atoms with Crippen molar-refractivity contribution in [1.29, 1.82) is 0 Å². The summed E-state index contributed by atoms with van der Waals surface area (Å²) in [4.78, 5) is 25.2. The maximum absolute atomic E-state index is 12.1. The van der Waals surface area contributed by atoms with E-state index in [0.717, 1.165) is 43.6 Å². The number of thioether (sulfide) groups is 1. The van der Waals surface area contributed by atoms with Crippen LogP contribution in [0.1, 0.15) is 16.7 Å². The first kappa shape index (κ1) is 19.5. The van der Waals surface area contributed by atoms with Gasteiger partial charge in [0.15, 0.2) is 0 Å². The van der Waals surface area contributed by atoms with Gasteiger partial charge in [-0.15, -0.1) is 6.58 Å². The molecule has 0 bridgehead atoms. The van der Waals surface area contributed by atoms with E-state index in [2.05, 4.69) is 22.5 Å². The molecule has 1 saturated heterocycles. The molecular formula is C21H18BrNO3S. The Morgan fingerprint density at radius 2 is 1.93 bits per heavy atom. The van der Waals surface area contributed by atoms with Crippen molar-refractivity contribution >= 4 is 44.9 Å². The number of imide groups is 1. The Morgan fingerprint density at radius 3 is 2.56 bits per heavy atom. The zero-order chi connectivity index (χ0) is 19.4. The minimum Gasteiger partial charge on any atom is -0.489 e. The number of hydrogen-bond acceptors (Lipinski definition) is 4. The average molecular weight is 444 g/mol. The van der Waals surface area contributed by atoms with E-state index >= 15 is 0 Å². The van der Waals surface area contributed by atoms with Crippen molar-refractivity contribution in [1.82, 2.24) is 4.90 Å². The summed E-state index contributed by atoms with van der Waals surface area (Å²) < 4.78 is 7.00. The van der Waals surface area contributed by atoms with Crippen LogP contribution in [0.3, 0.4) is 0 Å². The maximum atomic E-state index is 12.1. The second-order valence-corrected chi connectivity index (χ2v) is 7.92. The summed E-state index contributed by atoms with van der Waals surface area (Å²) in [5.41, 5.74) is 2.90. The van der Waals surface area contributed by atoms with Crippen LogP contribution in [0.25, 0.3) is 6.08 Å². The molecule has 1 aliphatic heterocycles. The molecule has 3 rings (SSSR count). The molecule has 0 aromatic heterocycles. The Hall–Kier alpha value is -2.31. The molecule has 6 heteroatoms. The van der Waals surface area contributed by atoms with E-state index < -0.39 is 0 Å². The van der Waals surface area contributed by atoms with E-state index in [0.29, 0.717) is 17.9 Å². The normalized spacial score (nSPS) is 15.5. The molecule has 0 aliphatic carbocycles. The highest BCUT2D eigenvalue weighted by Crippen LogP contribution is 2.32.